The second-order valence-corrected chi connectivity index (χ2v) is 12.8. The van der Waals surface area contributed by atoms with Crippen molar-refractivity contribution in [3.63, 3.8) is 0 Å². The zero-order chi connectivity index (χ0) is 28.8. The van der Waals surface area contributed by atoms with Gasteiger partial charge in [-0.3, -0.25) is 4.98 Å². The van der Waals surface area contributed by atoms with Gasteiger partial charge in [-0.25, -0.2) is 0 Å². The number of thiocarbonyl (C=S) groups is 1. The largest absolute Gasteiger partial charge is 0.370 e. The number of halogens is 1. The molecule has 0 saturated carbocycles. The predicted molar refractivity (Wildman–Crippen MR) is 175 cm³/mol. The summed E-state index contributed by atoms with van der Waals surface area (Å²) in [6.07, 6.45) is 3.11. The van der Waals surface area contributed by atoms with Gasteiger partial charge in [0, 0.05) is 42.0 Å². The van der Waals surface area contributed by atoms with Gasteiger partial charge in [-0.2, -0.15) is 0 Å². The summed E-state index contributed by atoms with van der Waals surface area (Å²) in [5.74, 6) is 1.30. The maximum Gasteiger partial charge on any atom is 0.174 e. The van der Waals surface area contributed by atoms with Gasteiger partial charge in [0.05, 0.1) is 28.5 Å². The normalized spacial score (nSPS) is 22.7. The van der Waals surface area contributed by atoms with Gasteiger partial charge in [0.1, 0.15) is 0 Å². The molecule has 2 aliphatic rings. The lowest BCUT2D eigenvalue weighted by molar-refractivity contribution is 0.357. The van der Waals surface area contributed by atoms with Gasteiger partial charge in [0.15, 0.2) is 5.11 Å². The molecule has 2 aromatic heterocycles. The third-order valence-electron chi connectivity index (χ3n) is 8.60. The quantitative estimate of drug-likeness (QED) is 0.240. The average molecular weight is 584 g/mol. The van der Waals surface area contributed by atoms with Gasteiger partial charge in [0.2, 0.25) is 0 Å². The number of anilines is 2. The fraction of sp³-hybridized carbons (Fsp3) is 0.353. The predicted octanol–water partition coefficient (Wildman–Crippen LogP) is 8.11. The van der Waals surface area contributed by atoms with Gasteiger partial charge in [0.25, 0.3) is 0 Å². The Kier molecular flexibility index (Phi) is 7.56. The maximum atomic E-state index is 7.04. The van der Waals surface area contributed by atoms with Crippen LogP contribution in [0.3, 0.4) is 0 Å². The van der Waals surface area contributed by atoms with E-state index < -0.39 is 0 Å². The number of hydrogen-bond donors (Lipinski definition) is 1. The van der Waals surface area contributed by atoms with E-state index >= 15 is 0 Å². The van der Waals surface area contributed by atoms with Crippen molar-refractivity contribution < 1.29 is 0 Å². The topological polar surface area (TPSA) is 36.3 Å². The molecule has 0 radical (unpaired) electrons. The number of piperidine rings is 1. The summed E-state index contributed by atoms with van der Waals surface area (Å²) >= 11 is 13.1. The molecule has 0 spiro atoms. The Morgan fingerprint density at radius 3 is 2.27 bits per heavy atom. The third-order valence-corrected chi connectivity index (χ3v) is 9.22. The lowest BCUT2D eigenvalue weighted by Crippen LogP contribution is -2.38. The van der Waals surface area contributed by atoms with E-state index in [0.29, 0.717) is 16.9 Å². The highest BCUT2D eigenvalue weighted by Crippen LogP contribution is 2.45. The number of benzene rings is 2. The first kappa shape index (κ1) is 27.8. The number of aromatic nitrogens is 2. The first-order valence-electron chi connectivity index (χ1n) is 14.5. The molecule has 5 nitrogen and oxygen atoms in total. The highest BCUT2D eigenvalue weighted by Gasteiger charge is 2.42. The lowest BCUT2D eigenvalue weighted by atomic mass is 9.91. The van der Waals surface area contributed by atoms with Crippen LogP contribution in [0, 0.1) is 32.6 Å². The van der Waals surface area contributed by atoms with Gasteiger partial charge in [-0.1, -0.05) is 49.2 Å². The van der Waals surface area contributed by atoms with Gasteiger partial charge in [-0.05, 0) is 105 Å². The summed E-state index contributed by atoms with van der Waals surface area (Å²) in [7, 11) is 0. The zero-order valence-corrected chi connectivity index (χ0v) is 26.0. The average Bonchev–Trinajstić information content (AvgIpc) is 3.44. The Hall–Kier alpha value is -3.35. The Morgan fingerprint density at radius 1 is 0.902 bits per heavy atom. The smallest absolute Gasteiger partial charge is 0.174 e. The fourth-order valence-corrected chi connectivity index (χ4v) is 7.53. The lowest BCUT2D eigenvalue weighted by Gasteiger charge is -2.37. The molecular weight excluding hydrogens is 546 g/mol. The molecule has 7 heteroatoms. The van der Waals surface area contributed by atoms with Crippen LogP contribution in [0.15, 0.2) is 72.9 Å². The summed E-state index contributed by atoms with van der Waals surface area (Å²) in [6.45, 7) is 13.2. The van der Waals surface area contributed by atoms with E-state index in [2.05, 4.69) is 109 Å². The van der Waals surface area contributed by atoms with E-state index in [1.807, 2.05) is 18.3 Å². The Labute approximate surface area is 254 Å². The molecule has 41 heavy (non-hydrogen) atoms. The molecule has 2 aromatic carbocycles. The zero-order valence-electron chi connectivity index (χ0n) is 24.4. The number of aryl methyl sites for hydroxylation is 2. The minimum atomic E-state index is -0.113. The summed E-state index contributed by atoms with van der Waals surface area (Å²) in [5.41, 5.74) is 9.03. The Morgan fingerprint density at radius 2 is 1.61 bits per heavy atom. The van der Waals surface area contributed by atoms with Crippen LogP contribution in [0.25, 0.3) is 5.69 Å². The van der Waals surface area contributed by atoms with Gasteiger partial charge >= 0.3 is 0 Å². The molecule has 2 fully saturated rings. The number of pyridine rings is 1. The molecule has 0 bridgehead atoms. The van der Waals surface area contributed by atoms with Crippen LogP contribution >= 0.6 is 23.8 Å². The van der Waals surface area contributed by atoms with Crippen LogP contribution in [0.1, 0.15) is 60.6 Å². The molecule has 1 N–H and O–H groups in total. The number of nitrogens with zero attached hydrogens (tertiary/aromatic N) is 4. The summed E-state index contributed by atoms with van der Waals surface area (Å²) in [6, 6.07) is 23.3. The second kappa shape index (κ2) is 11.1. The molecular formula is C34H38ClN5S. The van der Waals surface area contributed by atoms with E-state index in [4.69, 9.17) is 28.8 Å². The molecule has 4 heterocycles. The monoisotopic (exact) mass is 583 g/mol. The molecule has 0 unspecified atom stereocenters. The van der Waals surface area contributed by atoms with E-state index in [-0.39, 0.29) is 12.1 Å². The van der Waals surface area contributed by atoms with Crippen molar-refractivity contribution in [3.05, 3.63) is 106 Å². The van der Waals surface area contributed by atoms with Gasteiger partial charge < -0.3 is 19.7 Å². The fourth-order valence-electron chi connectivity index (χ4n) is 6.89. The first-order valence-corrected chi connectivity index (χ1v) is 15.3. The van der Waals surface area contributed by atoms with Crippen molar-refractivity contribution in [2.75, 3.05) is 22.9 Å². The highest BCUT2D eigenvalue weighted by atomic mass is 35.5. The maximum absolute atomic E-state index is 7.04. The van der Waals surface area contributed by atoms with Crippen LogP contribution < -0.4 is 15.1 Å². The second-order valence-electron chi connectivity index (χ2n) is 12.0. The molecule has 2 aliphatic heterocycles. The van der Waals surface area contributed by atoms with Crippen molar-refractivity contribution in [2.45, 2.75) is 53.1 Å². The third kappa shape index (κ3) is 5.24. The van der Waals surface area contributed by atoms with Crippen molar-refractivity contribution in [3.8, 4) is 5.69 Å². The van der Waals surface area contributed by atoms with Crippen LogP contribution in [-0.4, -0.2) is 27.8 Å². The van der Waals surface area contributed by atoms with Crippen LogP contribution in [0.2, 0.25) is 5.02 Å². The van der Waals surface area contributed by atoms with Crippen molar-refractivity contribution >= 4 is 40.3 Å². The molecule has 2 saturated heterocycles. The Balaban J connectivity index is 1.44. The van der Waals surface area contributed by atoms with E-state index in [1.165, 1.54) is 28.9 Å². The van der Waals surface area contributed by atoms with E-state index in [0.717, 1.165) is 40.9 Å². The van der Waals surface area contributed by atoms with Crippen molar-refractivity contribution in [1.82, 2.24) is 14.9 Å². The minimum Gasteiger partial charge on any atom is -0.370 e. The van der Waals surface area contributed by atoms with Crippen LogP contribution in [-0.2, 0) is 0 Å². The molecule has 212 valence electrons. The molecule has 0 aliphatic carbocycles. The molecule has 4 atom stereocenters. The molecule has 4 aromatic rings. The van der Waals surface area contributed by atoms with Crippen LogP contribution in [0.4, 0.5) is 11.4 Å². The summed E-state index contributed by atoms with van der Waals surface area (Å²) in [5, 5.41) is 5.05. The van der Waals surface area contributed by atoms with Gasteiger partial charge in [-0.15, -0.1) is 0 Å². The molecule has 0 amide bonds. The van der Waals surface area contributed by atoms with E-state index in [9.17, 15) is 0 Å². The number of nitrogens with one attached hydrogen (secondary N) is 1. The van der Waals surface area contributed by atoms with Crippen molar-refractivity contribution in [1.29, 1.82) is 0 Å². The Bertz CT molecular complexity index is 1550. The number of hydrogen-bond acceptors (Lipinski definition) is 3. The first-order chi connectivity index (χ1) is 19.7. The summed E-state index contributed by atoms with van der Waals surface area (Å²) in [4.78, 5) is 9.41. The minimum absolute atomic E-state index is 0.0975. The van der Waals surface area contributed by atoms with Crippen LogP contribution in [0.5, 0.6) is 0 Å². The highest BCUT2D eigenvalue weighted by molar-refractivity contribution is 7.80. The van der Waals surface area contributed by atoms with Crippen molar-refractivity contribution in [2.24, 2.45) is 11.8 Å². The molecule has 6 rings (SSSR count). The SMILES string of the molecule is Cc1ccc(-n2c(C)cc([C@H]3[C@@H](c4ccccn4)NC(=S)N3c3ccc(N4C[C@H](C)C[C@H](C)C4)c(Cl)c3)c2C)cc1. The summed E-state index contributed by atoms with van der Waals surface area (Å²) < 4.78 is 2.33. The standard InChI is InChI=1S/C34H38ClN5S/c1-21-9-11-26(12-10-21)39-24(4)17-28(25(39)5)33-32(30-8-6-7-15-36-30)37-34(41)40(33)27-13-14-31(29(35)18-27)38-19-22(2)16-23(3)20-38/h6-15,17-18,22-23,32-33H,16,19-20H2,1-5H3,(H,37,41)/t22-,23+,32-,33+/m1/s1. The number of rotatable bonds is 5. The van der Waals surface area contributed by atoms with E-state index in [1.54, 1.807) is 0 Å².